The van der Waals surface area contributed by atoms with Crippen LogP contribution in [0.1, 0.15) is 6.92 Å². The van der Waals surface area contributed by atoms with E-state index in [1.165, 1.54) is 12.1 Å². The topological polar surface area (TPSA) is 138 Å². The van der Waals surface area contributed by atoms with Gasteiger partial charge in [-0.1, -0.05) is 65.1 Å². The van der Waals surface area contributed by atoms with E-state index in [1.807, 2.05) is 35.6 Å². The molecule has 0 radical (unpaired) electrons. The van der Waals surface area contributed by atoms with Crippen molar-refractivity contribution in [1.29, 1.82) is 5.26 Å². The van der Waals surface area contributed by atoms with Gasteiger partial charge in [-0.05, 0) is 24.6 Å². The van der Waals surface area contributed by atoms with Crippen LogP contribution in [0.2, 0.25) is 15.2 Å². The van der Waals surface area contributed by atoms with Gasteiger partial charge in [0.1, 0.15) is 0 Å². The molecule has 0 spiro atoms. The second-order valence-electron chi connectivity index (χ2n) is 6.67. The molecule has 35 heavy (non-hydrogen) atoms. The van der Waals surface area contributed by atoms with Crippen molar-refractivity contribution >= 4 is 52.5 Å². The normalized spacial score (nSPS) is 11.2. The number of nitriles is 1. The molecular formula is C22H17Cl3N6O4. The number of aromatic nitrogens is 2. The van der Waals surface area contributed by atoms with Crippen molar-refractivity contribution in [3.63, 3.8) is 0 Å². The fourth-order valence-electron chi connectivity index (χ4n) is 2.71. The van der Waals surface area contributed by atoms with Gasteiger partial charge in [0.15, 0.2) is 16.9 Å². The Kier molecular flexibility index (Phi) is 9.05. The summed E-state index contributed by atoms with van der Waals surface area (Å²) in [6.07, 6.45) is -0.965. The standard InChI is InChI=1S/C22H17Cl3N6O4/c1-2-34-22(33)27-21(32)17(11-26)29-28-13-8-15(23)19(16(24)9-13)35-18-10-14(20(25)31-30-18)12-6-4-3-5-7-12/h3-10,17,28-29H,2H2,1H3,(H,27,32,33). The van der Waals surface area contributed by atoms with E-state index in [-0.39, 0.29) is 33.4 Å². The maximum atomic E-state index is 12.0. The highest BCUT2D eigenvalue weighted by atomic mass is 35.5. The summed E-state index contributed by atoms with van der Waals surface area (Å²) in [5.74, 6) is -0.700. The molecule has 3 aromatic rings. The van der Waals surface area contributed by atoms with Gasteiger partial charge in [0.25, 0.3) is 5.91 Å². The lowest BCUT2D eigenvalue weighted by Gasteiger charge is -2.15. The minimum Gasteiger partial charge on any atom is -0.450 e. The van der Waals surface area contributed by atoms with Crippen LogP contribution in [0.3, 0.4) is 0 Å². The van der Waals surface area contributed by atoms with Gasteiger partial charge >= 0.3 is 6.09 Å². The number of halogens is 3. The van der Waals surface area contributed by atoms with Crippen LogP contribution in [-0.4, -0.2) is 34.8 Å². The molecule has 180 valence electrons. The van der Waals surface area contributed by atoms with Crippen molar-refractivity contribution in [2.24, 2.45) is 0 Å². The van der Waals surface area contributed by atoms with E-state index in [1.54, 1.807) is 19.1 Å². The van der Waals surface area contributed by atoms with Gasteiger partial charge in [-0.3, -0.25) is 10.1 Å². The van der Waals surface area contributed by atoms with Crippen LogP contribution < -0.4 is 20.9 Å². The van der Waals surface area contributed by atoms with Crippen LogP contribution in [0.5, 0.6) is 11.6 Å². The van der Waals surface area contributed by atoms with Gasteiger partial charge in [0, 0.05) is 11.6 Å². The van der Waals surface area contributed by atoms with Crippen LogP contribution in [0.25, 0.3) is 11.1 Å². The molecule has 0 aliphatic rings. The molecule has 3 N–H and O–H groups in total. The Morgan fingerprint density at radius 1 is 1.09 bits per heavy atom. The zero-order chi connectivity index (χ0) is 25.4. The Hall–Kier alpha value is -3.62. The molecule has 1 unspecified atom stereocenters. The molecule has 0 saturated heterocycles. The molecule has 0 bridgehead atoms. The number of nitrogens with one attached hydrogen (secondary N) is 3. The molecule has 0 aliphatic carbocycles. The molecule has 13 heteroatoms. The van der Waals surface area contributed by atoms with Gasteiger partial charge in [-0.15, -0.1) is 10.2 Å². The molecule has 1 heterocycles. The zero-order valence-electron chi connectivity index (χ0n) is 18.0. The van der Waals surface area contributed by atoms with Gasteiger partial charge in [-0.2, -0.15) is 5.26 Å². The monoisotopic (exact) mass is 534 g/mol. The fourth-order valence-corrected chi connectivity index (χ4v) is 3.48. The minimum absolute atomic E-state index is 0.0720. The third kappa shape index (κ3) is 6.94. The average molecular weight is 536 g/mol. The first-order valence-corrected chi connectivity index (χ1v) is 11.1. The summed E-state index contributed by atoms with van der Waals surface area (Å²) >= 11 is 18.8. The molecule has 2 amide bonds. The molecule has 2 aromatic carbocycles. The van der Waals surface area contributed by atoms with E-state index in [4.69, 9.17) is 39.5 Å². The Labute approximate surface area is 215 Å². The summed E-state index contributed by atoms with van der Waals surface area (Å²) < 4.78 is 10.4. The van der Waals surface area contributed by atoms with Crippen molar-refractivity contribution in [3.8, 4) is 28.8 Å². The van der Waals surface area contributed by atoms with E-state index in [0.717, 1.165) is 5.56 Å². The number of ether oxygens (including phenoxy) is 2. The number of anilines is 1. The number of hydrogen-bond donors (Lipinski definition) is 3. The van der Waals surface area contributed by atoms with Crippen molar-refractivity contribution in [1.82, 2.24) is 20.9 Å². The molecule has 3 rings (SSSR count). The predicted molar refractivity (Wildman–Crippen MR) is 130 cm³/mol. The number of hydrazine groups is 1. The van der Waals surface area contributed by atoms with Crippen LogP contribution in [0.15, 0.2) is 48.5 Å². The molecule has 0 aliphatic heterocycles. The summed E-state index contributed by atoms with van der Waals surface area (Å²) in [6.45, 7) is 1.65. The third-order valence-electron chi connectivity index (χ3n) is 4.27. The third-order valence-corrected chi connectivity index (χ3v) is 5.11. The summed E-state index contributed by atoms with van der Waals surface area (Å²) in [5.41, 5.74) is 6.83. The van der Waals surface area contributed by atoms with Crippen molar-refractivity contribution in [2.45, 2.75) is 13.0 Å². The summed E-state index contributed by atoms with van der Waals surface area (Å²) in [6, 6.07) is 14.1. The SMILES string of the molecule is CCOC(=O)NC(=O)C(C#N)NNc1cc(Cl)c(Oc2cc(-c3ccccc3)c(Cl)nn2)c(Cl)c1. The van der Waals surface area contributed by atoms with E-state index in [0.29, 0.717) is 11.3 Å². The van der Waals surface area contributed by atoms with Crippen LogP contribution in [0.4, 0.5) is 10.5 Å². The molecule has 1 aromatic heterocycles. The highest BCUT2D eigenvalue weighted by Crippen LogP contribution is 2.39. The van der Waals surface area contributed by atoms with Crippen LogP contribution in [0, 0.1) is 11.3 Å². The number of amides is 2. The summed E-state index contributed by atoms with van der Waals surface area (Å²) in [5, 5.41) is 19.4. The first kappa shape index (κ1) is 26.0. The molecule has 1 atom stereocenters. The Bertz CT molecular complexity index is 1250. The Morgan fingerprint density at radius 3 is 2.40 bits per heavy atom. The van der Waals surface area contributed by atoms with Crippen LogP contribution in [-0.2, 0) is 9.53 Å². The first-order valence-electron chi connectivity index (χ1n) is 9.96. The number of imide groups is 1. The lowest BCUT2D eigenvalue weighted by Crippen LogP contribution is -2.47. The second-order valence-corrected chi connectivity index (χ2v) is 7.84. The van der Waals surface area contributed by atoms with Crippen LogP contribution >= 0.6 is 34.8 Å². The summed E-state index contributed by atoms with van der Waals surface area (Å²) in [7, 11) is 0. The van der Waals surface area contributed by atoms with Crippen molar-refractivity contribution in [3.05, 3.63) is 63.7 Å². The first-order chi connectivity index (χ1) is 16.8. The fraction of sp³-hybridized carbons (Fsp3) is 0.136. The average Bonchev–Trinajstić information content (AvgIpc) is 2.83. The summed E-state index contributed by atoms with van der Waals surface area (Å²) in [4.78, 5) is 23.4. The number of nitrogens with zero attached hydrogens (tertiary/aromatic N) is 3. The largest absolute Gasteiger partial charge is 0.450 e. The molecule has 0 saturated carbocycles. The maximum absolute atomic E-state index is 12.0. The lowest BCUT2D eigenvalue weighted by molar-refractivity contribution is -0.121. The predicted octanol–water partition coefficient (Wildman–Crippen LogP) is 4.98. The highest BCUT2D eigenvalue weighted by molar-refractivity contribution is 6.37. The van der Waals surface area contributed by atoms with Crippen molar-refractivity contribution in [2.75, 3.05) is 12.0 Å². The van der Waals surface area contributed by atoms with Gasteiger partial charge in [0.2, 0.25) is 5.88 Å². The number of alkyl carbamates (subject to hydrolysis) is 1. The molecule has 10 nitrogen and oxygen atoms in total. The van der Waals surface area contributed by atoms with Gasteiger partial charge < -0.3 is 14.9 Å². The molecule has 0 fully saturated rings. The minimum atomic E-state index is -1.42. The highest BCUT2D eigenvalue weighted by Gasteiger charge is 2.21. The van der Waals surface area contributed by atoms with Gasteiger partial charge in [-0.25, -0.2) is 10.2 Å². The number of carbonyl (C=O) groups excluding carboxylic acids is 2. The molecular weight excluding hydrogens is 519 g/mol. The van der Waals surface area contributed by atoms with E-state index in [9.17, 15) is 14.9 Å². The van der Waals surface area contributed by atoms with E-state index in [2.05, 4.69) is 25.8 Å². The van der Waals surface area contributed by atoms with E-state index < -0.39 is 18.0 Å². The van der Waals surface area contributed by atoms with E-state index >= 15 is 0 Å². The number of rotatable bonds is 8. The second kappa shape index (κ2) is 12.2. The quantitative estimate of drug-likeness (QED) is 0.341. The van der Waals surface area contributed by atoms with Crippen molar-refractivity contribution < 1.29 is 19.1 Å². The Balaban J connectivity index is 1.72. The smallest absolute Gasteiger partial charge is 0.413 e. The zero-order valence-corrected chi connectivity index (χ0v) is 20.3. The Morgan fingerprint density at radius 2 is 1.77 bits per heavy atom. The number of benzene rings is 2. The number of hydrogen-bond acceptors (Lipinski definition) is 9. The maximum Gasteiger partial charge on any atom is 0.413 e. The van der Waals surface area contributed by atoms with Gasteiger partial charge in [0.05, 0.1) is 28.4 Å². The lowest BCUT2D eigenvalue weighted by atomic mass is 10.1. The number of carbonyl (C=O) groups is 2.